The fraction of sp³-hybridized carbons (Fsp3) is 0.214. The van der Waals surface area contributed by atoms with Gasteiger partial charge in [-0.3, -0.25) is 4.98 Å². The van der Waals surface area contributed by atoms with Gasteiger partial charge in [0.05, 0.1) is 6.61 Å². The first-order chi connectivity index (χ1) is 8.29. The second-order valence-corrected chi connectivity index (χ2v) is 3.99. The van der Waals surface area contributed by atoms with Crippen LogP contribution in [0.4, 0.5) is 4.39 Å². The number of aromatic nitrogens is 1. The van der Waals surface area contributed by atoms with Crippen LogP contribution in [-0.2, 0) is 6.42 Å². The van der Waals surface area contributed by atoms with Crippen molar-refractivity contribution in [3.8, 4) is 0 Å². The van der Waals surface area contributed by atoms with Gasteiger partial charge in [-0.25, -0.2) is 4.39 Å². The number of pyridine rings is 1. The number of aliphatic hydroxyl groups excluding tert-OH is 1. The van der Waals surface area contributed by atoms with Gasteiger partial charge in [0.2, 0.25) is 0 Å². The molecule has 1 aromatic heterocycles. The largest absolute Gasteiger partial charge is 0.396 e. The molecule has 0 spiro atoms. The number of rotatable bonds is 4. The highest BCUT2D eigenvalue weighted by Crippen LogP contribution is 2.20. The summed E-state index contributed by atoms with van der Waals surface area (Å²) in [6, 6.07) is 10.1. The SMILES string of the molecule is OCC(Cc1ccncc1)c1ccc(F)cc1. The fourth-order valence-corrected chi connectivity index (χ4v) is 1.83. The summed E-state index contributed by atoms with van der Waals surface area (Å²) in [6.45, 7) is 0.0496. The van der Waals surface area contributed by atoms with Gasteiger partial charge in [0, 0.05) is 18.3 Å². The molecule has 0 fully saturated rings. The van der Waals surface area contributed by atoms with E-state index in [-0.39, 0.29) is 18.3 Å². The lowest BCUT2D eigenvalue weighted by molar-refractivity contribution is 0.264. The van der Waals surface area contributed by atoms with E-state index in [1.54, 1.807) is 24.5 Å². The summed E-state index contributed by atoms with van der Waals surface area (Å²) in [5.74, 6) is -0.257. The van der Waals surface area contributed by atoms with Gasteiger partial charge in [0.15, 0.2) is 0 Å². The summed E-state index contributed by atoms with van der Waals surface area (Å²) in [7, 11) is 0. The Morgan fingerprint density at radius 2 is 1.71 bits per heavy atom. The number of aliphatic hydroxyl groups is 1. The summed E-state index contributed by atoms with van der Waals surface area (Å²) in [5.41, 5.74) is 2.06. The van der Waals surface area contributed by atoms with E-state index in [0.29, 0.717) is 0 Å². The van der Waals surface area contributed by atoms with Crippen molar-refractivity contribution in [2.75, 3.05) is 6.61 Å². The zero-order chi connectivity index (χ0) is 12.1. The van der Waals surface area contributed by atoms with Gasteiger partial charge in [-0.1, -0.05) is 12.1 Å². The van der Waals surface area contributed by atoms with Crippen molar-refractivity contribution in [3.63, 3.8) is 0 Å². The number of hydrogen-bond acceptors (Lipinski definition) is 2. The molecule has 1 unspecified atom stereocenters. The van der Waals surface area contributed by atoms with E-state index < -0.39 is 0 Å². The third-order valence-corrected chi connectivity index (χ3v) is 2.79. The summed E-state index contributed by atoms with van der Waals surface area (Å²) in [6.07, 6.45) is 4.19. The van der Waals surface area contributed by atoms with Gasteiger partial charge in [-0.15, -0.1) is 0 Å². The van der Waals surface area contributed by atoms with E-state index in [4.69, 9.17) is 0 Å². The highest BCUT2D eigenvalue weighted by molar-refractivity contribution is 5.23. The molecule has 1 atom stereocenters. The van der Waals surface area contributed by atoms with Gasteiger partial charge in [-0.2, -0.15) is 0 Å². The van der Waals surface area contributed by atoms with Crippen LogP contribution in [0.2, 0.25) is 0 Å². The van der Waals surface area contributed by atoms with Gasteiger partial charge >= 0.3 is 0 Å². The highest BCUT2D eigenvalue weighted by Gasteiger charge is 2.11. The van der Waals surface area contributed by atoms with E-state index in [2.05, 4.69) is 4.98 Å². The Balaban J connectivity index is 2.14. The Bertz CT molecular complexity index is 455. The van der Waals surface area contributed by atoms with Crippen LogP contribution in [0.15, 0.2) is 48.8 Å². The maximum absolute atomic E-state index is 12.8. The molecule has 1 N–H and O–H groups in total. The lowest BCUT2D eigenvalue weighted by Gasteiger charge is -2.14. The Kier molecular flexibility index (Phi) is 3.83. The standard InChI is InChI=1S/C14H14FNO/c15-14-3-1-12(2-4-14)13(10-17)9-11-5-7-16-8-6-11/h1-8,13,17H,9-10H2. The van der Waals surface area contributed by atoms with E-state index in [0.717, 1.165) is 17.5 Å². The van der Waals surface area contributed by atoms with E-state index >= 15 is 0 Å². The first-order valence-electron chi connectivity index (χ1n) is 5.55. The first-order valence-corrected chi connectivity index (χ1v) is 5.55. The van der Waals surface area contributed by atoms with Gasteiger partial charge in [-0.05, 0) is 41.8 Å². The number of halogens is 1. The van der Waals surface area contributed by atoms with Crippen LogP contribution in [0.1, 0.15) is 17.0 Å². The second-order valence-electron chi connectivity index (χ2n) is 3.99. The Morgan fingerprint density at radius 3 is 2.29 bits per heavy atom. The number of benzene rings is 1. The Hall–Kier alpha value is -1.74. The molecule has 2 aromatic rings. The van der Waals surface area contributed by atoms with Crippen LogP contribution in [-0.4, -0.2) is 16.7 Å². The summed E-state index contributed by atoms with van der Waals surface area (Å²) < 4.78 is 12.8. The van der Waals surface area contributed by atoms with Crippen molar-refractivity contribution in [1.29, 1.82) is 0 Å². The number of nitrogens with zero attached hydrogens (tertiary/aromatic N) is 1. The molecule has 3 heteroatoms. The molecular weight excluding hydrogens is 217 g/mol. The average molecular weight is 231 g/mol. The molecule has 2 nitrogen and oxygen atoms in total. The molecule has 0 aliphatic heterocycles. The zero-order valence-electron chi connectivity index (χ0n) is 9.38. The smallest absolute Gasteiger partial charge is 0.123 e. The zero-order valence-corrected chi connectivity index (χ0v) is 9.38. The van der Waals surface area contributed by atoms with E-state index in [1.807, 2.05) is 12.1 Å². The van der Waals surface area contributed by atoms with Crippen molar-refractivity contribution < 1.29 is 9.50 Å². The first kappa shape index (κ1) is 11.7. The molecular formula is C14H14FNO. The minimum Gasteiger partial charge on any atom is -0.396 e. The van der Waals surface area contributed by atoms with Crippen molar-refractivity contribution in [1.82, 2.24) is 4.98 Å². The van der Waals surface area contributed by atoms with Crippen LogP contribution in [0.5, 0.6) is 0 Å². The fourth-order valence-electron chi connectivity index (χ4n) is 1.83. The number of hydrogen-bond donors (Lipinski definition) is 1. The predicted octanol–water partition coefficient (Wildman–Crippen LogP) is 2.54. The Morgan fingerprint density at radius 1 is 1.06 bits per heavy atom. The Labute approximate surface area is 99.8 Å². The minimum absolute atomic E-state index is 0.00185. The van der Waals surface area contributed by atoms with Gasteiger partial charge in [0.1, 0.15) is 5.82 Å². The van der Waals surface area contributed by atoms with Crippen molar-refractivity contribution >= 4 is 0 Å². The maximum Gasteiger partial charge on any atom is 0.123 e. The molecule has 0 amide bonds. The van der Waals surface area contributed by atoms with Crippen molar-refractivity contribution in [2.45, 2.75) is 12.3 Å². The third kappa shape index (κ3) is 3.11. The van der Waals surface area contributed by atoms with Crippen molar-refractivity contribution in [3.05, 3.63) is 65.7 Å². The molecule has 0 saturated heterocycles. The molecule has 0 radical (unpaired) electrons. The van der Waals surface area contributed by atoms with Crippen LogP contribution >= 0.6 is 0 Å². The maximum atomic E-state index is 12.8. The lowest BCUT2D eigenvalue weighted by atomic mass is 9.93. The normalized spacial score (nSPS) is 12.4. The predicted molar refractivity (Wildman–Crippen MR) is 64.2 cm³/mol. The molecule has 88 valence electrons. The van der Waals surface area contributed by atoms with Gasteiger partial charge < -0.3 is 5.11 Å². The van der Waals surface area contributed by atoms with Crippen LogP contribution in [0, 0.1) is 5.82 Å². The quantitative estimate of drug-likeness (QED) is 0.877. The molecule has 0 bridgehead atoms. The second kappa shape index (κ2) is 5.55. The molecule has 0 saturated carbocycles. The van der Waals surface area contributed by atoms with Crippen LogP contribution < -0.4 is 0 Å². The van der Waals surface area contributed by atoms with Crippen molar-refractivity contribution in [2.24, 2.45) is 0 Å². The molecule has 0 aliphatic carbocycles. The van der Waals surface area contributed by atoms with E-state index in [1.165, 1.54) is 12.1 Å². The molecule has 0 aliphatic rings. The average Bonchev–Trinajstić information content (AvgIpc) is 2.38. The summed E-state index contributed by atoms with van der Waals surface area (Å²) in [4.78, 5) is 3.95. The minimum atomic E-state index is -0.255. The summed E-state index contributed by atoms with van der Waals surface area (Å²) in [5, 5.41) is 9.40. The molecule has 1 heterocycles. The topological polar surface area (TPSA) is 33.1 Å². The lowest BCUT2D eigenvalue weighted by Crippen LogP contribution is -2.07. The third-order valence-electron chi connectivity index (χ3n) is 2.79. The highest BCUT2D eigenvalue weighted by atomic mass is 19.1. The van der Waals surface area contributed by atoms with Crippen LogP contribution in [0.25, 0.3) is 0 Å². The van der Waals surface area contributed by atoms with Gasteiger partial charge in [0.25, 0.3) is 0 Å². The molecule has 17 heavy (non-hydrogen) atoms. The van der Waals surface area contributed by atoms with E-state index in [9.17, 15) is 9.50 Å². The summed E-state index contributed by atoms with van der Waals surface area (Å²) >= 11 is 0. The molecule has 1 aromatic carbocycles. The monoisotopic (exact) mass is 231 g/mol. The molecule has 2 rings (SSSR count). The van der Waals surface area contributed by atoms with Crippen LogP contribution in [0.3, 0.4) is 0 Å².